The number of aromatic nitrogens is 2. The van der Waals surface area contributed by atoms with E-state index < -0.39 is 5.97 Å². The second kappa shape index (κ2) is 11.2. The largest absolute Gasteiger partial charge is 0.478 e. The molecule has 0 amide bonds. The van der Waals surface area contributed by atoms with Crippen LogP contribution < -0.4 is 5.32 Å². The SMILES string of the molecule is CC(C)c1ccc(-c2nccc(C(NCc3cccc(C(=O)O)c3)c3cccs3)n2)cc1.Cl. The number of carboxylic acid groups (broad SMARTS) is 1. The summed E-state index contributed by atoms with van der Waals surface area (Å²) < 4.78 is 0. The van der Waals surface area contributed by atoms with Crippen molar-refractivity contribution in [2.45, 2.75) is 32.4 Å². The summed E-state index contributed by atoms with van der Waals surface area (Å²) in [5.74, 6) is 0.239. The number of carbonyl (C=O) groups is 1. The summed E-state index contributed by atoms with van der Waals surface area (Å²) in [7, 11) is 0. The molecule has 1 unspecified atom stereocenters. The maximum Gasteiger partial charge on any atom is 0.335 e. The van der Waals surface area contributed by atoms with Crippen molar-refractivity contribution in [1.29, 1.82) is 0 Å². The lowest BCUT2D eigenvalue weighted by Gasteiger charge is -2.18. The normalized spacial score (nSPS) is 11.7. The van der Waals surface area contributed by atoms with Crippen molar-refractivity contribution in [2.75, 3.05) is 0 Å². The molecule has 2 N–H and O–H groups in total. The van der Waals surface area contributed by atoms with E-state index in [1.807, 2.05) is 23.6 Å². The highest BCUT2D eigenvalue weighted by Gasteiger charge is 2.18. The van der Waals surface area contributed by atoms with Gasteiger partial charge in [-0.25, -0.2) is 14.8 Å². The van der Waals surface area contributed by atoms with Gasteiger partial charge in [0.1, 0.15) is 0 Å². The molecule has 2 aromatic carbocycles. The minimum absolute atomic E-state index is 0. The van der Waals surface area contributed by atoms with Crippen LogP contribution in [0.4, 0.5) is 0 Å². The number of aromatic carboxylic acids is 1. The highest BCUT2D eigenvalue weighted by atomic mass is 35.5. The molecule has 0 saturated carbocycles. The Bertz CT molecular complexity index is 1190. The molecule has 0 aliphatic rings. The predicted molar refractivity (Wildman–Crippen MR) is 135 cm³/mol. The fraction of sp³-hybridized carbons (Fsp3) is 0.192. The number of benzene rings is 2. The minimum Gasteiger partial charge on any atom is -0.478 e. The highest BCUT2D eigenvalue weighted by molar-refractivity contribution is 7.10. The highest BCUT2D eigenvalue weighted by Crippen LogP contribution is 2.27. The lowest BCUT2D eigenvalue weighted by Crippen LogP contribution is -2.22. The predicted octanol–water partition coefficient (Wildman–Crippen LogP) is 6.33. The van der Waals surface area contributed by atoms with Crippen molar-refractivity contribution in [3.63, 3.8) is 0 Å². The molecule has 33 heavy (non-hydrogen) atoms. The summed E-state index contributed by atoms with van der Waals surface area (Å²) in [5, 5.41) is 14.9. The van der Waals surface area contributed by atoms with Gasteiger partial charge in [-0.2, -0.15) is 0 Å². The van der Waals surface area contributed by atoms with Crippen LogP contribution >= 0.6 is 23.7 Å². The van der Waals surface area contributed by atoms with Gasteiger partial charge < -0.3 is 10.4 Å². The minimum atomic E-state index is -0.925. The lowest BCUT2D eigenvalue weighted by atomic mass is 10.0. The van der Waals surface area contributed by atoms with E-state index >= 15 is 0 Å². The van der Waals surface area contributed by atoms with Crippen LogP contribution in [0.15, 0.2) is 78.3 Å². The van der Waals surface area contributed by atoms with Gasteiger partial charge in [0, 0.05) is 23.2 Å². The molecule has 0 radical (unpaired) electrons. The third-order valence-corrected chi connectivity index (χ3v) is 6.26. The van der Waals surface area contributed by atoms with Crippen LogP contribution in [0, 0.1) is 0 Å². The maximum absolute atomic E-state index is 11.3. The summed E-state index contributed by atoms with van der Waals surface area (Å²) in [6, 6.07) is 21.3. The molecule has 2 heterocycles. The van der Waals surface area contributed by atoms with Crippen molar-refractivity contribution >= 4 is 29.7 Å². The third kappa shape index (κ3) is 6.05. The molecule has 4 rings (SSSR count). The van der Waals surface area contributed by atoms with Gasteiger partial charge in [-0.3, -0.25) is 0 Å². The van der Waals surface area contributed by atoms with Crippen LogP contribution in [-0.2, 0) is 6.54 Å². The zero-order chi connectivity index (χ0) is 22.5. The van der Waals surface area contributed by atoms with Gasteiger partial charge in [0.05, 0.1) is 17.3 Å². The van der Waals surface area contributed by atoms with Crippen molar-refractivity contribution < 1.29 is 9.90 Å². The number of nitrogens with one attached hydrogen (secondary N) is 1. The first kappa shape index (κ1) is 24.6. The smallest absolute Gasteiger partial charge is 0.335 e. The zero-order valence-corrected chi connectivity index (χ0v) is 20.1. The van der Waals surface area contributed by atoms with E-state index in [0.29, 0.717) is 18.3 Å². The average molecular weight is 480 g/mol. The van der Waals surface area contributed by atoms with E-state index in [1.165, 1.54) is 5.56 Å². The molecule has 5 nitrogen and oxygen atoms in total. The molecule has 2 aromatic heterocycles. The first-order valence-corrected chi connectivity index (χ1v) is 11.4. The molecule has 1 atom stereocenters. The lowest BCUT2D eigenvalue weighted by molar-refractivity contribution is 0.0696. The average Bonchev–Trinajstić information content (AvgIpc) is 3.34. The molecule has 170 valence electrons. The number of hydrogen-bond donors (Lipinski definition) is 2. The first-order chi connectivity index (χ1) is 15.5. The summed E-state index contributed by atoms with van der Waals surface area (Å²) in [6.45, 7) is 4.87. The van der Waals surface area contributed by atoms with Gasteiger partial charge in [-0.05, 0) is 46.7 Å². The molecule has 0 aliphatic carbocycles. The van der Waals surface area contributed by atoms with Crippen LogP contribution in [0.3, 0.4) is 0 Å². The first-order valence-electron chi connectivity index (χ1n) is 10.5. The summed E-state index contributed by atoms with van der Waals surface area (Å²) >= 11 is 1.66. The van der Waals surface area contributed by atoms with Crippen molar-refractivity contribution in [3.8, 4) is 11.4 Å². The fourth-order valence-electron chi connectivity index (χ4n) is 3.53. The van der Waals surface area contributed by atoms with Crippen LogP contribution in [-0.4, -0.2) is 21.0 Å². The van der Waals surface area contributed by atoms with E-state index in [-0.39, 0.29) is 24.0 Å². The van der Waals surface area contributed by atoms with Gasteiger partial charge in [-0.15, -0.1) is 23.7 Å². The third-order valence-electron chi connectivity index (χ3n) is 5.32. The maximum atomic E-state index is 11.3. The molecule has 0 saturated heterocycles. The summed E-state index contributed by atoms with van der Waals surface area (Å²) in [4.78, 5) is 21.8. The number of hydrogen-bond acceptors (Lipinski definition) is 5. The standard InChI is InChI=1S/C26H25N3O2S.ClH/c1-17(2)19-8-10-20(11-9-19)25-27-13-12-22(29-25)24(23-7-4-14-32-23)28-16-18-5-3-6-21(15-18)26(30)31;/h3-15,17,24,28H,16H2,1-2H3,(H,30,31);1H. The fourth-order valence-corrected chi connectivity index (χ4v) is 4.34. The van der Waals surface area contributed by atoms with Gasteiger partial charge >= 0.3 is 5.97 Å². The quantitative estimate of drug-likeness (QED) is 0.309. The Labute approximate surface area is 204 Å². The summed E-state index contributed by atoms with van der Waals surface area (Å²) in [6.07, 6.45) is 1.79. The molecule has 4 aromatic rings. The molecule has 0 aliphatic heterocycles. The Morgan fingerprint density at radius 3 is 2.52 bits per heavy atom. The molecule has 7 heteroatoms. The van der Waals surface area contributed by atoms with Gasteiger partial charge in [0.15, 0.2) is 5.82 Å². The molecular weight excluding hydrogens is 454 g/mol. The van der Waals surface area contributed by atoms with E-state index in [1.54, 1.807) is 35.7 Å². The Morgan fingerprint density at radius 2 is 1.85 bits per heavy atom. The number of nitrogens with zero attached hydrogens (tertiary/aromatic N) is 2. The van der Waals surface area contributed by atoms with E-state index in [9.17, 15) is 9.90 Å². The van der Waals surface area contributed by atoms with E-state index in [2.05, 4.69) is 54.5 Å². The zero-order valence-electron chi connectivity index (χ0n) is 18.4. The molecule has 0 spiro atoms. The van der Waals surface area contributed by atoms with Crippen LogP contribution in [0.5, 0.6) is 0 Å². The number of halogens is 1. The van der Waals surface area contributed by atoms with Crippen molar-refractivity contribution in [3.05, 3.63) is 106 Å². The van der Waals surface area contributed by atoms with Gasteiger partial charge in [0.25, 0.3) is 0 Å². The number of thiophene rings is 1. The van der Waals surface area contributed by atoms with Crippen LogP contribution in [0.1, 0.15) is 57.9 Å². The summed E-state index contributed by atoms with van der Waals surface area (Å²) in [5.41, 5.74) is 4.33. The molecular formula is C26H26ClN3O2S. The Balaban J connectivity index is 0.00000306. The van der Waals surface area contributed by atoms with Gasteiger partial charge in [-0.1, -0.05) is 56.3 Å². The van der Waals surface area contributed by atoms with Gasteiger partial charge in [0.2, 0.25) is 0 Å². The van der Waals surface area contributed by atoms with Crippen molar-refractivity contribution in [2.24, 2.45) is 0 Å². The Hall–Kier alpha value is -3.06. The molecule has 0 bridgehead atoms. The van der Waals surface area contributed by atoms with Crippen molar-refractivity contribution in [1.82, 2.24) is 15.3 Å². The monoisotopic (exact) mass is 479 g/mol. The van der Waals surface area contributed by atoms with Crippen LogP contribution in [0.25, 0.3) is 11.4 Å². The Morgan fingerprint density at radius 1 is 1.06 bits per heavy atom. The van der Waals surface area contributed by atoms with E-state index in [0.717, 1.165) is 21.7 Å². The Kier molecular flexibility index (Phi) is 8.33. The molecule has 0 fully saturated rings. The number of rotatable bonds is 8. The topological polar surface area (TPSA) is 75.1 Å². The second-order valence-electron chi connectivity index (χ2n) is 7.92. The number of carboxylic acids is 1. The van der Waals surface area contributed by atoms with Crippen LogP contribution in [0.2, 0.25) is 0 Å². The second-order valence-corrected chi connectivity index (χ2v) is 8.90. The van der Waals surface area contributed by atoms with E-state index in [4.69, 9.17) is 4.98 Å².